The van der Waals surface area contributed by atoms with Gasteiger partial charge in [-0.25, -0.2) is 0 Å². The summed E-state index contributed by atoms with van der Waals surface area (Å²) < 4.78 is 16.7. The Morgan fingerprint density at radius 3 is 1.00 bits per heavy atom. The molecule has 6 heteroatoms. The molecule has 0 aromatic carbocycles. The second-order valence-electron chi connectivity index (χ2n) is 17.3. The van der Waals surface area contributed by atoms with Crippen LogP contribution in [0.1, 0.15) is 226 Å². The van der Waals surface area contributed by atoms with Gasteiger partial charge in [-0.2, -0.15) is 0 Å². The van der Waals surface area contributed by atoms with E-state index in [1.807, 2.05) is 72.9 Å². The third-order valence-corrected chi connectivity index (χ3v) is 11.0. The lowest BCUT2D eigenvalue weighted by molar-refractivity contribution is -0.167. The zero-order valence-corrected chi connectivity index (χ0v) is 42.0. The van der Waals surface area contributed by atoms with Crippen molar-refractivity contribution >= 4 is 17.9 Å². The minimum absolute atomic E-state index is 0.107. The Hall–Kier alpha value is -3.93. The van der Waals surface area contributed by atoms with Crippen LogP contribution in [-0.4, -0.2) is 37.2 Å². The predicted molar refractivity (Wildman–Crippen MR) is 279 cm³/mol. The average Bonchev–Trinajstić information content (AvgIpc) is 3.30. The minimum Gasteiger partial charge on any atom is -0.462 e. The fraction of sp³-hybridized carbons (Fsp3) is 0.644. The fourth-order valence-electron chi connectivity index (χ4n) is 6.99. The van der Waals surface area contributed by atoms with Gasteiger partial charge in [0.05, 0.1) is 0 Å². The second kappa shape index (κ2) is 52.7. The summed E-state index contributed by atoms with van der Waals surface area (Å²) in [4.78, 5) is 38.0. The smallest absolute Gasteiger partial charge is 0.306 e. The SMILES string of the molecule is CC\C=C/C=C\C=C/C=C\C=C\C=C/C=C\CCCCCC(=O)OCC(COC(=O)CCCCC/C=C\C=C/CCCC)OC(=O)CCCCCCCCCCCCCCCCCCC. The lowest BCUT2D eigenvalue weighted by Crippen LogP contribution is -2.30. The minimum atomic E-state index is -0.807. The van der Waals surface area contributed by atoms with Crippen LogP contribution in [0.15, 0.2) is 109 Å². The molecule has 0 fully saturated rings. The summed E-state index contributed by atoms with van der Waals surface area (Å²) in [6.45, 7) is 6.37. The Bertz CT molecular complexity index is 1360. The predicted octanol–water partition coefficient (Wildman–Crippen LogP) is 17.5. The molecule has 368 valence electrons. The lowest BCUT2D eigenvalue weighted by atomic mass is 10.0. The summed E-state index contributed by atoms with van der Waals surface area (Å²) in [5.74, 6) is -0.980. The topological polar surface area (TPSA) is 78.9 Å². The third kappa shape index (κ3) is 50.9. The Balaban J connectivity index is 4.49. The number of carbonyl (C=O) groups is 3. The maximum Gasteiger partial charge on any atom is 0.306 e. The quantitative estimate of drug-likeness (QED) is 0.0262. The largest absolute Gasteiger partial charge is 0.462 e. The van der Waals surface area contributed by atoms with Crippen molar-refractivity contribution in [1.29, 1.82) is 0 Å². The van der Waals surface area contributed by atoms with Gasteiger partial charge in [-0.15, -0.1) is 0 Å². The van der Waals surface area contributed by atoms with Gasteiger partial charge in [-0.3, -0.25) is 14.4 Å². The molecule has 0 aromatic heterocycles. The van der Waals surface area contributed by atoms with Crippen LogP contribution in [0.2, 0.25) is 0 Å². The van der Waals surface area contributed by atoms with Crippen molar-refractivity contribution in [3.63, 3.8) is 0 Å². The summed E-state index contributed by atoms with van der Waals surface area (Å²) in [6.07, 6.45) is 70.7. The van der Waals surface area contributed by atoms with Gasteiger partial charge < -0.3 is 14.2 Å². The highest BCUT2D eigenvalue weighted by Crippen LogP contribution is 2.15. The summed E-state index contributed by atoms with van der Waals surface area (Å²) in [6, 6.07) is 0. The first-order valence-corrected chi connectivity index (χ1v) is 26.5. The molecule has 0 saturated heterocycles. The van der Waals surface area contributed by atoms with E-state index in [9.17, 15) is 14.4 Å². The number of esters is 3. The zero-order chi connectivity index (χ0) is 47.2. The normalized spacial score (nSPS) is 13.0. The molecule has 0 aliphatic carbocycles. The molecule has 6 nitrogen and oxygen atoms in total. The number of hydrogen-bond acceptors (Lipinski definition) is 6. The standard InChI is InChI=1S/C59H96O6/c1-4-7-10-13-16-19-22-24-26-28-29-31-32-34-37-40-43-46-49-52-58(61)64-55-56(54-63-57(60)51-48-45-42-39-36-21-18-15-12-9-6-3)65-59(62)53-50-47-44-41-38-35-33-30-27-25-23-20-17-14-11-8-5-2/h7,10,13,15-16,18-19,21-22,24,26,28-29,31-32,34,36-37,56H,4-6,8-9,11-12,14,17,20,23,25,27,30,33,35,38-55H2,1-3H3/b10-7-,16-13-,18-15-,22-19-,26-24-,29-28+,32-31-,36-21-,37-34-. The van der Waals surface area contributed by atoms with Crippen molar-refractivity contribution in [2.45, 2.75) is 232 Å². The summed E-state index contributed by atoms with van der Waals surface area (Å²) in [5, 5.41) is 0. The van der Waals surface area contributed by atoms with Crippen molar-refractivity contribution in [2.75, 3.05) is 13.2 Å². The van der Waals surface area contributed by atoms with Crippen LogP contribution in [0.5, 0.6) is 0 Å². The van der Waals surface area contributed by atoms with Crippen LogP contribution in [0.3, 0.4) is 0 Å². The van der Waals surface area contributed by atoms with Gasteiger partial charge >= 0.3 is 17.9 Å². The molecule has 0 amide bonds. The van der Waals surface area contributed by atoms with Crippen molar-refractivity contribution in [3.8, 4) is 0 Å². The highest BCUT2D eigenvalue weighted by molar-refractivity contribution is 5.71. The molecule has 0 radical (unpaired) electrons. The van der Waals surface area contributed by atoms with Crippen molar-refractivity contribution in [2.24, 2.45) is 0 Å². The number of allylic oxidation sites excluding steroid dienone is 18. The van der Waals surface area contributed by atoms with Crippen molar-refractivity contribution in [3.05, 3.63) is 109 Å². The van der Waals surface area contributed by atoms with E-state index in [-0.39, 0.29) is 31.1 Å². The van der Waals surface area contributed by atoms with Crippen LogP contribution in [-0.2, 0) is 28.6 Å². The number of carbonyl (C=O) groups excluding carboxylic acids is 3. The van der Waals surface area contributed by atoms with Crippen LogP contribution in [0.4, 0.5) is 0 Å². The first kappa shape index (κ1) is 61.1. The van der Waals surface area contributed by atoms with Gasteiger partial charge in [0.1, 0.15) is 13.2 Å². The maximum absolute atomic E-state index is 12.8. The molecule has 0 N–H and O–H groups in total. The molecule has 0 aliphatic heterocycles. The second-order valence-corrected chi connectivity index (χ2v) is 17.3. The van der Waals surface area contributed by atoms with Crippen molar-refractivity contribution in [1.82, 2.24) is 0 Å². The van der Waals surface area contributed by atoms with E-state index < -0.39 is 6.10 Å². The van der Waals surface area contributed by atoms with E-state index in [1.54, 1.807) is 0 Å². The van der Waals surface area contributed by atoms with E-state index in [4.69, 9.17) is 14.2 Å². The van der Waals surface area contributed by atoms with E-state index >= 15 is 0 Å². The average molecular weight is 901 g/mol. The van der Waals surface area contributed by atoms with Crippen LogP contribution < -0.4 is 0 Å². The fourth-order valence-corrected chi connectivity index (χ4v) is 6.99. The van der Waals surface area contributed by atoms with Crippen LogP contribution >= 0.6 is 0 Å². The first-order valence-electron chi connectivity index (χ1n) is 26.5. The highest BCUT2D eigenvalue weighted by atomic mass is 16.6. The Morgan fingerprint density at radius 1 is 0.323 bits per heavy atom. The molecule has 0 rings (SSSR count). The molecule has 0 saturated carbocycles. The molecule has 65 heavy (non-hydrogen) atoms. The Morgan fingerprint density at radius 2 is 0.615 bits per heavy atom. The first-order chi connectivity index (χ1) is 32.0. The molecule has 0 aromatic rings. The summed E-state index contributed by atoms with van der Waals surface area (Å²) in [5.41, 5.74) is 0. The zero-order valence-electron chi connectivity index (χ0n) is 42.0. The molecule has 1 atom stereocenters. The summed E-state index contributed by atoms with van der Waals surface area (Å²) >= 11 is 0. The third-order valence-electron chi connectivity index (χ3n) is 11.0. The van der Waals surface area contributed by atoms with Gasteiger partial charge in [0.25, 0.3) is 0 Å². The molecule has 0 spiro atoms. The molecule has 0 bridgehead atoms. The molecule has 0 aliphatic rings. The number of hydrogen-bond donors (Lipinski definition) is 0. The van der Waals surface area contributed by atoms with Gasteiger partial charge in [-0.1, -0.05) is 259 Å². The number of ether oxygens (including phenoxy) is 3. The molecular formula is C59H96O6. The van der Waals surface area contributed by atoms with E-state index in [0.717, 1.165) is 83.5 Å². The van der Waals surface area contributed by atoms with E-state index in [0.29, 0.717) is 19.3 Å². The Kier molecular flexibility index (Phi) is 49.5. The summed E-state index contributed by atoms with van der Waals surface area (Å²) in [7, 11) is 0. The lowest BCUT2D eigenvalue weighted by Gasteiger charge is -2.18. The maximum atomic E-state index is 12.8. The molecular weight excluding hydrogens is 805 g/mol. The number of unbranched alkanes of at least 4 members (excludes halogenated alkanes) is 24. The Labute approximate surface area is 400 Å². The van der Waals surface area contributed by atoms with Gasteiger partial charge in [-0.05, 0) is 57.8 Å². The van der Waals surface area contributed by atoms with Crippen molar-refractivity contribution < 1.29 is 28.6 Å². The van der Waals surface area contributed by atoms with E-state index in [1.165, 1.54) is 103 Å². The molecule has 1 unspecified atom stereocenters. The monoisotopic (exact) mass is 901 g/mol. The van der Waals surface area contributed by atoms with E-state index in [2.05, 4.69) is 57.2 Å². The van der Waals surface area contributed by atoms with Gasteiger partial charge in [0.15, 0.2) is 6.10 Å². The van der Waals surface area contributed by atoms with Gasteiger partial charge in [0.2, 0.25) is 0 Å². The highest BCUT2D eigenvalue weighted by Gasteiger charge is 2.19. The molecule has 0 heterocycles. The van der Waals surface area contributed by atoms with Crippen LogP contribution in [0.25, 0.3) is 0 Å². The number of rotatable bonds is 46. The van der Waals surface area contributed by atoms with Crippen LogP contribution in [0, 0.1) is 0 Å². The van der Waals surface area contributed by atoms with Gasteiger partial charge in [0, 0.05) is 19.3 Å².